The highest BCUT2D eigenvalue weighted by atomic mass is 32.1. The van der Waals surface area contributed by atoms with Crippen molar-refractivity contribution in [2.24, 2.45) is 17.8 Å². The van der Waals surface area contributed by atoms with Crippen molar-refractivity contribution in [2.75, 3.05) is 7.11 Å². The van der Waals surface area contributed by atoms with Gasteiger partial charge in [-0.1, -0.05) is 6.92 Å². The maximum absolute atomic E-state index is 12.3. The number of rotatable bonds is 5. The van der Waals surface area contributed by atoms with Crippen LogP contribution in [0.4, 0.5) is 0 Å². The predicted octanol–water partition coefficient (Wildman–Crippen LogP) is 1.95. The van der Waals surface area contributed by atoms with Gasteiger partial charge in [0.05, 0.1) is 30.2 Å². The number of esters is 1. The highest BCUT2D eigenvalue weighted by molar-refractivity contribution is 7.09. The summed E-state index contributed by atoms with van der Waals surface area (Å²) in [5.41, 5.74) is 0.817. The molecule has 0 spiro atoms. The summed E-state index contributed by atoms with van der Waals surface area (Å²) < 4.78 is 4.93. The van der Waals surface area contributed by atoms with E-state index in [2.05, 4.69) is 17.2 Å². The summed E-state index contributed by atoms with van der Waals surface area (Å²) in [7, 11) is 1.43. The van der Waals surface area contributed by atoms with Gasteiger partial charge in [-0.3, -0.25) is 9.59 Å². The molecule has 2 aliphatic rings. The Bertz CT molecular complexity index is 571. The van der Waals surface area contributed by atoms with Crippen LogP contribution in [-0.2, 0) is 27.2 Å². The number of nitrogens with zero attached hydrogens (tertiary/aromatic N) is 1. The van der Waals surface area contributed by atoms with Crippen LogP contribution in [0.25, 0.3) is 0 Å². The van der Waals surface area contributed by atoms with E-state index in [0.717, 1.165) is 36.4 Å². The number of hydrogen-bond acceptors (Lipinski definition) is 5. The minimum Gasteiger partial charge on any atom is -0.469 e. The molecule has 1 amide bonds. The predicted molar refractivity (Wildman–Crippen MR) is 83.5 cm³/mol. The number of hydrogen-bond donors (Lipinski definition) is 1. The number of carbonyl (C=O) groups is 2. The van der Waals surface area contributed by atoms with E-state index in [-0.39, 0.29) is 30.3 Å². The molecule has 6 heteroatoms. The molecule has 1 N–H and O–H groups in total. The van der Waals surface area contributed by atoms with E-state index < -0.39 is 0 Å². The lowest BCUT2D eigenvalue weighted by atomic mass is 9.84. The molecular weight excluding hydrogens is 300 g/mol. The summed E-state index contributed by atoms with van der Waals surface area (Å²) in [6.07, 6.45) is 4.38. The van der Waals surface area contributed by atoms with Crippen molar-refractivity contribution < 1.29 is 14.3 Å². The third kappa shape index (κ3) is 2.89. The van der Waals surface area contributed by atoms with Crippen LogP contribution in [0, 0.1) is 17.8 Å². The van der Waals surface area contributed by atoms with Crippen LogP contribution in [0.3, 0.4) is 0 Å². The smallest absolute Gasteiger partial charge is 0.311 e. The molecule has 2 saturated carbocycles. The second kappa shape index (κ2) is 6.36. The molecule has 2 aliphatic carbocycles. The minimum atomic E-state index is -0.181. The monoisotopic (exact) mass is 322 g/mol. The number of aromatic nitrogens is 1. The lowest BCUT2D eigenvalue weighted by Crippen LogP contribution is -2.47. The number of ether oxygens (including phenoxy) is 1. The average Bonchev–Trinajstić information content (AvgIpc) is 3.21. The summed E-state index contributed by atoms with van der Waals surface area (Å²) in [6.45, 7) is 2.05. The van der Waals surface area contributed by atoms with E-state index in [0.29, 0.717) is 11.8 Å². The summed E-state index contributed by atoms with van der Waals surface area (Å²) in [6, 6.07) is -0.0667. The van der Waals surface area contributed by atoms with E-state index in [1.807, 2.05) is 5.38 Å². The minimum absolute atomic E-state index is 0.0422. The van der Waals surface area contributed by atoms with Crippen molar-refractivity contribution in [1.29, 1.82) is 0 Å². The second-order valence-corrected chi connectivity index (χ2v) is 7.18. The summed E-state index contributed by atoms with van der Waals surface area (Å²) >= 11 is 1.59. The molecule has 0 radical (unpaired) electrons. The fourth-order valence-corrected chi connectivity index (χ4v) is 4.71. The van der Waals surface area contributed by atoms with Crippen LogP contribution in [-0.4, -0.2) is 30.0 Å². The Morgan fingerprint density at radius 1 is 1.41 bits per heavy atom. The van der Waals surface area contributed by atoms with Crippen molar-refractivity contribution in [2.45, 2.75) is 45.1 Å². The fraction of sp³-hybridized carbons (Fsp3) is 0.688. The van der Waals surface area contributed by atoms with Gasteiger partial charge in [-0.25, -0.2) is 4.98 Å². The third-order valence-corrected chi connectivity index (χ3v) is 6.00. The fourth-order valence-electron chi connectivity index (χ4n) is 3.97. The van der Waals surface area contributed by atoms with Gasteiger partial charge in [-0.15, -0.1) is 11.3 Å². The zero-order valence-electron chi connectivity index (χ0n) is 13.0. The summed E-state index contributed by atoms with van der Waals surface area (Å²) in [4.78, 5) is 28.7. The molecule has 1 aromatic rings. The van der Waals surface area contributed by atoms with Crippen LogP contribution >= 0.6 is 11.3 Å². The Hall–Kier alpha value is -1.43. The molecule has 4 atom stereocenters. The Morgan fingerprint density at radius 3 is 2.86 bits per heavy atom. The standard InChI is InChI=1S/C16H22N2O3S/c1-3-13-17-11(8-22-13)7-12(19)18-15-10-5-4-9(6-10)14(15)16(20)21-2/h8-10,14-15H,3-7H2,1-2H3,(H,18,19)/t9-,10-,14-,15-/m0/s1. The summed E-state index contributed by atoms with van der Waals surface area (Å²) in [5.74, 6) is 0.390. The molecule has 0 unspecified atom stereocenters. The first-order valence-corrected chi connectivity index (χ1v) is 8.80. The van der Waals surface area contributed by atoms with Gasteiger partial charge in [-0.05, 0) is 37.5 Å². The van der Waals surface area contributed by atoms with Gasteiger partial charge >= 0.3 is 5.97 Å². The van der Waals surface area contributed by atoms with Crippen LogP contribution in [0.1, 0.15) is 36.9 Å². The number of methoxy groups -OCH3 is 1. The zero-order valence-corrected chi connectivity index (χ0v) is 13.8. The zero-order chi connectivity index (χ0) is 15.7. The lowest BCUT2D eigenvalue weighted by Gasteiger charge is -2.29. The second-order valence-electron chi connectivity index (χ2n) is 6.24. The molecule has 0 aliphatic heterocycles. The molecule has 1 heterocycles. The average molecular weight is 322 g/mol. The number of aryl methyl sites for hydroxylation is 1. The van der Waals surface area contributed by atoms with Gasteiger partial charge in [0.15, 0.2) is 0 Å². The first kappa shape index (κ1) is 15.5. The molecular formula is C16H22N2O3S. The van der Waals surface area contributed by atoms with Crippen LogP contribution < -0.4 is 5.32 Å². The largest absolute Gasteiger partial charge is 0.469 e. The van der Waals surface area contributed by atoms with Crippen molar-refractivity contribution in [3.05, 3.63) is 16.1 Å². The molecule has 1 aromatic heterocycles. The van der Waals surface area contributed by atoms with Crippen molar-refractivity contribution >= 4 is 23.2 Å². The maximum Gasteiger partial charge on any atom is 0.311 e. The molecule has 2 bridgehead atoms. The molecule has 0 saturated heterocycles. The Kier molecular flexibility index (Phi) is 4.47. The van der Waals surface area contributed by atoms with Crippen LogP contribution in [0.5, 0.6) is 0 Å². The first-order valence-electron chi connectivity index (χ1n) is 7.92. The van der Waals surface area contributed by atoms with Gasteiger partial charge in [0.2, 0.25) is 5.91 Å². The molecule has 120 valence electrons. The van der Waals surface area contributed by atoms with E-state index in [1.54, 1.807) is 11.3 Å². The molecule has 0 aromatic carbocycles. The third-order valence-electron chi connectivity index (χ3n) is 4.96. The number of carbonyl (C=O) groups excluding carboxylic acids is 2. The van der Waals surface area contributed by atoms with E-state index >= 15 is 0 Å². The number of fused-ring (bicyclic) bond motifs is 2. The van der Waals surface area contributed by atoms with Crippen LogP contribution in [0.15, 0.2) is 5.38 Å². The van der Waals surface area contributed by atoms with Crippen molar-refractivity contribution in [3.8, 4) is 0 Å². The number of thiazole rings is 1. The van der Waals surface area contributed by atoms with Gasteiger partial charge in [0.1, 0.15) is 0 Å². The van der Waals surface area contributed by atoms with Gasteiger partial charge in [0.25, 0.3) is 0 Å². The molecule has 22 heavy (non-hydrogen) atoms. The van der Waals surface area contributed by atoms with Crippen LogP contribution in [0.2, 0.25) is 0 Å². The Labute approximate surface area is 134 Å². The lowest BCUT2D eigenvalue weighted by molar-refractivity contribution is -0.148. The van der Waals surface area contributed by atoms with Gasteiger partial charge in [-0.2, -0.15) is 0 Å². The quantitative estimate of drug-likeness (QED) is 0.841. The Balaban J connectivity index is 1.63. The SMILES string of the molecule is CCc1nc(CC(=O)N[C@H]2[C@H]3CC[C@@H](C3)[C@@H]2C(=O)OC)cs1. The number of nitrogens with one attached hydrogen (secondary N) is 1. The Morgan fingerprint density at radius 2 is 2.18 bits per heavy atom. The van der Waals surface area contributed by atoms with E-state index in [9.17, 15) is 9.59 Å². The van der Waals surface area contributed by atoms with Crippen molar-refractivity contribution in [3.63, 3.8) is 0 Å². The molecule has 2 fully saturated rings. The number of amides is 1. The van der Waals surface area contributed by atoms with E-state index in [4.69, 9.17) is 4.74 Å². The van der Waals surface area contributed by atoms with Gasteiger partial charge < -0.3 is 10.1 Å². The topological polar surface area (TPSA) is 68.3 Å². The summed E-state index contributed by atoms with van der Waals surface area (Å²) in [5, 5.41) is 6.07. The van der Waals surface area contributed by atoms with E-state index in [1.165, 1.54) is 7.11 Å². The molecule has 3 rings (SSSR count). The normalized spacial score (nSPS) is 29.5. The maximum atomic E-state index is 12.3. The van der Waals surface area contributed by atoms with Crippen molar-refractivity contribution in [1.82, 2.24) is 10.3 Å². The highest BCUT2D eigenvalue weighted by Crippen LogP contribution is 2.48. The van der Waals surface area contributed by atoms with Gasteiger partial charge in [0, 0.05) is 11.4 Å². The first-order chi connectivity index (χ1) is 10.6. The highest BCUT2D eigenvalue weighted by Gasteiger charge is 2.51. The molecule has 5 nitrogen and oxygen atoms in total.